The fourth-order valence-electron chi connectivity index (χ4n) is 3.60. The van der Waals surface area contributed by atoms with Gasteiger partial charge in [-0.1, -0.05) is 30.3 Å². The monoisotopic (exact) mass is 456 g/mol. The molecule has 0 bridgehead atoms. The molecule has 0 spiro atoms. The van der Waals surface area contributed by atoms with Crippen molar-refractivity contribution in [2.75, 3.05) is 23.1 Å². The third-order valence-corrected chi connectivity index (χ3v) is 7.47. The molecule has 0 unspecified atom stereocenters. The number of nitrogens with zero attached hydrogens (tertiary/aromatic N) is 2. The largest absolute Gasteiger partial charge is 0.326 e. The number of anilines is 2. The second-order valence-corrected chi connectivity index (χ2v) is 10.1. The van der Waals surface area contributed by atoms with Crippen LogP contribution in [0.2, 0.25) is 0 Å². The van der Waals surface area contributed by atoms with E-state index in [1.165, 1.54) is 35.2 Å². The Labute approximate surface area is 186 Å². The van der Waals surface area contributed by atoms with Crippen LogP contribution >= 0.6 is 11.3 Å². The Hall–Kier alpha value is -2.75. The minimum absolute atomic E-state index is 0.0177. The Balaban J connectivity index is 1.29. The van der Waals surface area contributed by atoms with Crippen LogP contribution in [-0.2, 0) is 21.4 Å². The van der Waals surface area contributed by atoms with E-state index in [2.05, 4.69) is 32.1 Å². The van der Waals surface area contributed by atoms with Crippen LogP contribution in [-0.4, -0.2) is 37.3 Å². The number of carbonyl (C=O) groups excluding carboxylic acids is 1. The second kappa shape index (κ2) is 9.59. The van der Waals surface area contributed by atoms with Crippen LogP contribution in [0.4, 0.5) is 10.8 Å². The molecule has 1 fully saturated rings. The number of amides is 1. The van der Waals surface area contributed by atoms with E-state index in [1.807, 2.05) is 18.2 Å². The summed E-state index contributed by atoms with van der Waals surface area (Å²) in [4.78, 5) is 19.1. The number of carbonyl (C=O) groups is 1. The molecule has 3 aromatic rings. The van der Waals surface area contributed by atoms with Crippen molar-refractivity contribution in [3.05, 3.63) is 71.7 Å². The van der Waals surface area contributed by atoms with Crippen molar-refractivity contribution in [2.45, 2.75) is 24.3 Å². The summed E-state index contributed by atoms with van der Waals surface area (Å²) in [6.45, 7) is 2.67. The average molecular weight is 457 g/mol. The molecule has 7 nitrogen and oxygen atoms in total. The summed E-state index contributed by atoms with van der Waals surface area (Å²) < 4.78 is 27.2. The highest BCUT2D eigenvalue weighted by molar-refractivity contribution is 7.93. The van der Waals surface area contributed by atoms with Crippen molar-refractivity contribution in [1.82, 2.24) is 9.88 Å². The maximum atomic E-state index is 12.7. The first kappa shape index (κ1) is 21.5. The normalized spacial score (nSPS) is 15.5. The molecule has 0 atom stereocenters. The van der Waals surface area contributed by atoms with Crippen LogP contribution in [0.3, 0.4) is 0 Å². The van der Waals surface area contributed by atoms with Gasteiger partial charge in [0.15, 0.2) is 5.13 Å². The van der Waals surface area contributed by atoms with Crippen molar-refractivity contribution in [3.8, 4) is 0 Å². The predicted molar refractivity (Wildman–Crippen MR) is 122 cm³/mol. The topological polar surface area (TPSA) is 91.4 Å². The quantitative estimate of drug-likeness (QED) is 0.564. The Morgan fingerprint density at radius 1 is 1.06 bits per heavy atom. The maximum absolute atomic E-state index is 12.7. The third-order valence-electron chi connectivity index (χ3n) is 5.29. The molecule has 1 saturated heterocycles. The smallest absolute Gasteiger partial charge is 0.263 e. The number of hydrogen-bond donors (Lipinski definition) is 2. The van der Waals surface area contributed by atoms with Crippen LogP contribution in [0, 0.1) is 5.92 Å². The lowest BCUT2D eigenvalue weighted by molar-refractivity contribution is -0.121. The molecule has 1 aliphatic heterocycles. The van der Waals surface area contributed by atoms with Gasteiger partial charge in [-0.15, -0.1) is 11.3 Å². The predicted octanol–water partition coefficient (Wildman–Crippen LogP) is 3.79. The average Bonchev–Trinajstić information content (AvgIpc) is 3.28. The first-order valence-corrected chi connectivity index (χ1v) is 12.5. The van der Waals surface area contributed by atoms with Gasteiger partial charge in [-0.3, -0.25) is 14.4 Å². The number of nitrogens with one attached hydrogen (secondary N) is 2. The lowest BCUT2D eigenvalue weighted by Crippen LogP contribution is -2.37. The number of benzene rings is 2. The number of rotatable bonds is 7. The van der Waals surface area contributed by atoms with E-state index in [9.17, 15) is 13.2 Å². The standard InChI is InChI=1S/C22H24N4O3S2/c27-21(18-10-13-26(14-11-18)16-17-4-2-1-3-5-17)24-19-6-8-20(9-7-19)31(28,29)25-22-23-12-15-30-22/h1-9,12,15,18H,10-11,13-14,16H2,(H,23,25)(H,24,27). The molecule has 1 aromatic heterocycles. The lowest BCUT2D eigenvalue weighted by Gasteiger charge is -2.31. The minimum Gasteiger partial charge on any atom is -0.326 e. The zero-order chi connectivity index (χ0) is 21.7. The molecule has 0 saturated carbocycles. The van der Waals surface area contributed by atoms with Crippen molar-refractivity contribution in [3.63, 3.8) is 0 Å². The molecule has 2 aromatic carbocycles. The van der Waals surface area contributed by atoms with E-state index in [1.54, 1.807) is 17.5 Å². The summed E-state index contributed by atoms with van der Waals surface area (Å²) in [6, 6.07) is 16.5. The van der Waals surface area contributed by atoms with Crippen LogP contribution in [0.1, 0.15) is 18.4 Å². The van der Waals surface area contributed by atoms with Gasteiger partial charge in [-0.25, -0.2) is 13.4 Å². The Morgan fingerprint density at radius 3 is 2.42 bits per heavy atom. The molecule has 0 aliphatic carbocycles. The van der Waals surface area contributed by atoms with Crippen molar-refractivity contribution in [2.24, 2.45) is 5.92 Å². The molecule has 2 N–H and O–H groups in total. The zero-order valence-corrected chi connectivity index (χ0v) is 18.5. The SMILES string of the molecule is O=C(Nc1ccc(S(=O)(=O)Nc2nccs2)cc1)C1CCN(Cc2ccccc2)CC1. The first-order valence-electron chi connectivity index (χ1n) is 10.1. The Kier molecular flexibility index (Phi) is 6.64. The number of hydrogen-bond acceptors (Lipinski definition) is 6. The van der Waals surface area contributed by atoms with Gasteiger partial charge in [0.05, 0.1) is 4.90 Å². The van der Waals surface area contributed by atoms with Gasteiger partial charge in [-0.05, 0) is 55.8 Å². The molecule has 9 heteroatoms. The third kappa shape index (κ3) is 5.69. The maximum Gasteiger partial charge on any atom is 0.263 e. The van der Waals surface area contributed by atoms with E-state index in [0.29, 0.717) is 10.8 Å². The van der Waals surface area contributed by atoms with Gasteiger partial charge < -0.3 is 5.32 Å². The van der Waals surface area contributed by atoms with Crippen LogP contribution in [0.15, 0.2) is 71.1 Å². The van der Waals surface area contributed by atoms with Crippen molar-refractivity contribution >= 4 is 38.1 Å². The van der Waals surface area contributed by atoms with Crippen LogP contribution < -0.4 is 10.0 Å². The van der Waals surface area contributed by atoms with Gasteiger partial charge in [0.1, 0.15) is 0 Å². The van der Waals surface area contributed by atoms with Gasteiger partial charge in [-0.2, -0.15) is 0 Å². The highest BCUT2D eigenvalue weighted by atomic mass is 32.2. The summed E-state index contributed by atoms with van der Waals surface area (Å²) in [5.74, 6) is -0.0575. The summed E-state index contributed by atoms with van der Waals surface area (Å²) in [5.41, 5.74) is 1.87. The van der Waals surface area contributed by atoms with Crippen LogP contribution in [0.25, 0.3) is 0 Å². The summed E-state index contributed by atoms with van der Waals surface area (Å²) in [7, 11) is -3.70. The van der Waals surface area contributed by atoms with E-state index in [4.69, 9.17) is 0 Å². The molecule has 4 rings (SSSR count). The fraction of sp³-hybridized carbons (Fsp3) is 0.273. The highest BCUT2D eigenvalue weighted by Gasteiger charge is 2.25. The van der Waals surface area contributed by atoms with Crippen LogP contribution in [0.5, 0.6) is 0 Å². The van der Waals surface area contributed by atoms with Gasteiger partial charge >= 0.3 is 0 Å². The zero-order valence-electron chi connectivity index (χ0n) is 16.9. The van der Waals surface area contributed by atoms with Gasteiger partial charge in [0, 0.05) is 29.7 Å². The Bertz CT molecular complexity index is 1090. The van der Waals surface area contributed by atoms with Crippen molar-refractivity contribution < 1.29 is 13.2 Å². The van der Waals surface area contributed by atoms with E-state index < -0.39 is 10.0 Å². The minimum atomic E-state index is -3.70. The lowest BCUT2D eigenvalue weighted by atomic mass is 9.95. The molecular weight excluding hydrogens is 432 g/mol. The van der Waals surface area contributed by atoms with E-state index >= 15 is 0 Å². The molecule has 162 valence electrons. The summed E-state index contributed by atoms with van der Waals surface area (Å²) in [6.07, 6.45) is 3.15. The number of piperidine rings is 1. The number of sulfonamides is 1. The number of aromatic nitrogens is 1. The highest BCUT2D eigenvalue weighted by Crippen LogP contribution is 2.23. The molecule has 31 heavy (non-hydrogen) atoms. The second-order valence-electron chi connectivity index (χ2n) is 7.49. The number of thiazole rings is 1. The number of likely N-dealkylation sites (tertiary alicyclic amines) is 1. The van der Waals surface area contributed by atoms with E-state index in [0.717, 1.165) is 32.5 Å². The van der Waals surface area contributed by atoms with Gasteiger partial charge in [0.25, 0.3) is 10.0 Å². The summed E-state index contributed by atoms with van der Waals surface area (Å²) in [5, 5.41) is 4.93. The molecular formula is C22H24N4O3S2. The molecule has 2 heterocycles. The fourth-order valence-corrected chi connectivity index (χ4v) is 5.39. The Morgan fingerprint density at radius 2 is 1.77 bits per heavy atom. The summed E-state index contributed by atoms with van der Waals surface area (Å²) >= 11 is 1.21. The molecule has 1 aliphatic rings. The van der Waals surface area contributed by atoms with E-state index in [-0.39, 0.29) is 16.7 Å². The van der Waals surface area contributed by atoms with Gasteiger partial charge in [0.2, 0.25) is 5.91 Å². The molecule has 0 radical (unpaired) electrons. The van der Waals surface area contributed by atoms with Crippen molar-refractivity contribution in [1.29, 1.82) is 0 Å². The molecule has 1 amide bonds. The first-order chi connectivity index (χ1) is 15.0.